The van der Waals surface area contributed by atoms with E-state index in [1.165, 1.54) is 10.4 Å². The van der Waals surface area contributed by atoms with Gasteiger partial charge in [0.25, 0.3) is 5.56 Å². The smallest absolute Gasteiger partial charge is 0.259 e. The Labute approximate surface area is 180 Å². The van der Waals surface area contributed by atoms with Gasteiger partial charge in [0.15, 0.2) is 11.5 Å². The van der Waals surface area contributed by atoms with E-state index in [1.54, 1.807) is 25.6 Å². The molecule has 0 amide bonds. The molecule has 0 fully saturated rings. The Morgan fingerprint density at radius 1 is 1.30 bits per heavy atom. The molecule has 0 saturated carbocycles. The van der Waals surface area contributed by atoms with Crippen LogP contribution in [0.4, 0.5) is 0 Å². The lowest BCUT2D eigenvalue weighted by atomic mass is 9.89. The highest BCUT2D eigenvalue weighted by molar-refractivity contribution is 7.18. The number of nitrogens with one attached hydrogen (secondary N) is 1. The maximum atomic E-state index is 12.9. The molecule has 0 spiro atoms. The minimum Gasteiger partial charge on any atom is -0.493 e. The Bertz CT molecular complexity index is 1120. The first-order chi connectivity index (χ1) is 14.4. The van der Waals surface area contributed by atoms with E-state index in [0.29, 0.717) is 29.8 Å². The predicted molar refractivity (Wildman–Crippen MR) is 121 cm³/mol. The number of hydrogen-bond acceptors (Lipinski definition) is 6. The van der Waals surface area contributed by atoms with Crippen molar-refractivity contribution in [1.82, 2.24) is 14.9 Å². The molecule has 1 aliphatic carbocycles. The van der Waals surface area contributed by atoms with E-state index in [0.717, 1.165) is 35.0 Å². The number of nitrogens with zero attached hydrogens (tertiary/aromatic N) is 2. The quantitative estimate of drug-likeness (QED) is 0.635. The Morgan fingerprint density at radius 2 is 2.07 bits per heavy atom. The van der Waals surface area contributed by atoms with Gasteiger partial charge in [0.2, 0.25) is 0 Å². The number of fused-ring (bicyclic) bond motifs is 3. The van der Waals surface area contributed by atoms with Gasteiger partial charge in [0.05, 0.1) is 25.6 Å². The number of aryl methyl sites for hydroxylation is 1. The molecule has 2 heterocycles. The summed E-state index contributed by atoms with van der Waals surface area (Å²) in [6.45, 7) is 5.05. The Hall–Kier alpha value is -2.38. The number of aromatic amines is 1. The van der Waals surface area contributed by atoms with Crippen LogP contribution < -0.4 is 15.0 Å². The van der Waals surface area contributed by atoms with Crippen molar-refractivity contribution in [1.29, 1.82) is 0 Å². The second-order valence-electron chi connectivity index (χ2n) is 8.26. The average molecular weight is 428 g/mol. The van der Waals surface area contributed by atoms with Crippen LogP contribution in [0.15, 0.2) is 23.0 Å². The predicted octanol–water partition coefficient (Wildman–Crippen LogP) is 4.32. The lowest BCUT2D eigenvalue weighted by Crippen LogP contribution is -2.26. The third-order valence-corrected chi connectivity index (χ3v) is 7.27. The normalized spacial score (nSPS) is 17.2. The molecule has 3 aromatic rings. The Balaban J connectivity index is 1.60. The number of aromatic nitrogens is 2. The van der Waals surface area contributed by atoms with Gasteiger partial charge in [-0.05, 0) is 62.4 Å². The molecule has 1 aliphatic rings. The second-order valence-corrected chi connectivity index (χ2v) is 9.35. The number of methoxy groups -OCH3 is 2. The van der Waals surface area contributed by atoms with E-state index in [9.17, 15) is 4.79 Å². The monoisotopic (exact) mass is 427 g/mol. The van der Waals surface area contributed by atoms with Gasteiger partial charge in [-0.25, -0.2) is 4.98 Å². The van der Waals surface area contributed by atoms with Crippen LogP contribution in [0.5, 0.6) is 11.5 Å². The number of benzene rings is 1. The molecule has 1 aromatic carbocycles. The van der Waals surface area contributed by atoms with E-state index < -0.39 is 0 Å². The van der Waals surface area contributed by atoms with E-state index in [1.807, 2.05) is 25.2 Å². The Morgan fingerprint density at radius 3 is 2.80 bits per heavy atom. The zero-order valence-corrected chi connectivity index (χ0v) is 19.1. The van der Waals surface area contributed by atoms with Crippen LogP contribution in [0.2, 0.25) is 0 Å². The van der Waals surface area contributed by atoms with E-state index >= 15 is 0 Å². The number of rotatable bonds is 6. The standard InChI is InChI=1S/C23H29N3O3S/c1-13-6-8-16-19(10-13)30-23-20(16)22(27)24-21(25-23)14(2)26(3)12-15-7-9-17(28-4)18(11-15)29-5/h7,9,11,13-14H,6,8,10,12H2,1-5H3,(H,24,25,27)/t13-,14-/m1/s1. The fourth-order valence-electron chi connectivity index (χ4n) is 4.18. The van der Waals surface area contributed by atoms with Gasteiger partial charge in [-0.15, -0.1) is 11.3 Å². The number of ether oxygens (including phenoxy) is 2. The summed E-state index contributed by atoms with van der Waals surface area (Å²) < 4.78 is 10.7. The summed E-state index contributed by atoms with van der Waals surface area (Å²) in [7, 11) is 5.30. The molecule has 0 bridgehead atoms. The zero-order chi connectivity index (χ0) is 21.4. The van der Waals surface area contributed by atoms with Gasteiger partial charge in [0.1, 0.15) is 10.7 Å². The third kappa shape index (κ3) is 3.84. The first kappa shape index (κ1) is 20.9. The molecule has 7 heteroatoms. The van der Waals surface area contributed by atoms with Crippen LogP contribution in [-0.2, 0) is 19.4 Å². The summed E-state index contributed by atoms with van der Waals surface area (Å²) in [4.78, 5) is 25.2. The van der Waals surface area contributed by atoms with Crippen LogP contribution >= 0.6 is 11.3 Å². The SMILES string of the molecule is COc1ccc(CN(C)[C@H](C)c2nc3sc4c(c3c(=O)[nH]2)CC[C@@H](C)C4)cc1OC. The number of H-pyrrole nitrogens is 1. The van der Waals surface area contributed by atoms with Crippen molar-refractivity contribution in [3.05, 3.63) is 50.4 Å². The van der Waals surface area contributed by atoms with Crippen molar-refractivity contribution in [2.75, 3.05) is 21.3 Å². The third-order valence-electron chi connectivity index (χ3n) is 6.12. The highest BCUT2D eigenvalue weighted by Gasteiger charge is 2.24. The molecule has 0 radical (unpaired) electrons. The summed E-state index contributed by atoms with van der Waals surface area (Å²) in [6, 6.07) is 5.89. The second kappa shape index (κ2) is 8.40. The summed E-state index contributed by atoms with van der Waals surface area (Å²) in [5.41, 5.74) is 2.32. The van der Waals surface area contributed by atoms with Crippen LogP contribution in [0.25, 0.3) is 10.2 Å². The largest absolute Gasteiger partial charge is 0.493 e. The van der Waals surface area contributed by atoms with Crippen LogP contribution in [0.3, 0.4) is 0 Å². The minimum absolute atomic E-state index is 0.00609. The molecule has 0 aliphatic heterocycles. The maximum Gasteiger partial charge on any atom is 0.259 e. The van der Waals surface area contributed by atoms with Crippen molar-refractivity contribution in [2.45, 2.75) is 45.7 Å². The van der Waals surface area contributed by atoms with Crippen LogP contribution in [0, 0.1) is 5.92 Å². The van der Waals surface area contributed by atoms with Crippen LogP contribution in [0.1, 0.15) is 48.1 Å². The fourth-order valence-corrected chi connectivity index (χ4v) is 5.57. The van der Waals surface area contributed by atoms with Gasteiger partial charge >= 0.3 is 0 Å². The summed E-state index contributed by atoms with van der Waals surface area (Å²) in [5.74, 6) is 2.81. The number of hydrogen-bond donors (Lipinski definition) is 1. The highest BCUT2D eigenvalue weighted by atomic mass is 32.1. The fraction of sp³-hybridized carbons (Fsp3) is 0.478. The van der Waals surface area contributed by atoms with Crippen molar-refractivity contribution in [3.63, 3.8) is 0 Å². The molecule has 0 unspecified atom stereocenters. The molecule has 160 valence electrons. The molecular formula is C23H29N3O3S. The van der Waals surface area contributed by atoms with Crippen molar-refractivity contribution < 1.29 is 9.47 Å². The lowest BCUT2D eigenvalue weighted by Gasteiger charge is -2.24. The molecule has 4 rings (SSSR count). The Kier molecular flexibility index (Phi) is 5.84. The van der Waals surface area contributed by atoms with E-state index in [2.05, 4.69) is 23.7 Å². The minimum atomic E-state index is -0.0340. The molecular weight excluding hydrogens is 398 g/mol. The van der Waals surface area contributed by atoms with Gasteiger partial charge in [-0.3, -0.25) is 9.69 Å². The van der Waals surface area contributed by atoms with Gasteiger partial charge in [-0.1, -0.05) is 13.0 Å². The molecule has 30 heavy (non-hydrogen) atoms. The molecule has 6 nitrogen and oxygen atoms in total. The molecule has 1 N–H and O–H groups in total. The first-order valence-electron chi connectivity index (χ1n) is 10.4. The van der Waals surface area contributed by atoms with Crippen molar-refractivity contribution >= 4 is 21.6 Å². The highest BCUT2D eigenvalue weighted by Crippen LogP contribution is 2.36. The van der Waals surface area contributed by atoms with Crippen LogP contribution in [-0.4, -0.2) is 36.1 Å². The lowest BCUT2D eigenvalue weighted by molar-refractivity contribution is 0.243. The van der Waals surface area contributed by atoms with E-state index in [-0.39, 0.29) is 11.6 Å². The van der Waals surface area contributed by atoms with Gasteiger partial charge in [0, 0.05) is 11.4 Å². The van der Waals surface area contributed by atoms with Gasteiger partial charge < -0.3 is 14.5 Å². The number of thiophene rings is 1. The molecule has 2 aromatic heterocycles. The van der Waals surface area contributed by atoms with E-state index in [4.69, 9.17) is 14.5 Å². The maximum absolute atomic E-state index is 12.9. The first-order valence-corrected chi connectivity index (χ1v) is 11.2. The van der Waals surface area contributed by atoms with Crippen molar-refractivity contribution in [3.8, 4) is 11.5 Å². The van der Waals surface area contributed by atoms with Crippen molar-refractivity contribution in [2.24, 2.45) is 5.92 Å². The molecule has 2 atom stereocenters. The summed E-state index contributed by atoms with van der Waals surface area (Å²) in [6.07, 6.45) is 3.18. The summed E-state index contributed by atoms with van der Waals surface area (Å²) in [5, 5.41) is 0.806. The summed E-state index contributed by atoms with van der Waals surface area (Å²) >= 11 is 1.69. The topological polar surface area (TPSA) is 67.5 Å². The molecule has 0 saturated heterocycles. The average Bonchev–Trinajstić information content (AvgIpc) is 3.10. The van der Waals surface area contributed by atoms with Gasteiger partial charge in [-0.2, -0.15) is 0 Å². The zero-order valence-electron chi connectivity index (χ0n) is 18.2.